The molecule has 3 heterocycles. The molecule has 1 saturated heterocycles. The number of carbonyl (C=O) groups excluding carboxylic acids is 1. The van der Waals surface area contributed by atoms with Crippen LogP contribution < -0.4 is 15.0 Å². The Bertz CT molecular complexity index is 711. The molecule has 1 aliphatic heterocycles. The van der Waals surface area contributed by atoms with Crippen molar-refractivity contribution in [3.8, 4) is 5.88 Å². The second kappa shape index (κ2) is 6.86. The largest absolute Gasteiger partial charge is 0.478 e. The first kappa shape index (κ1) is 16.2. The van der Waals surface area contributed by atoms with Crippen LogP contribution in [0, 0.1) is 13.8 Å². The highest BCUT2D eigenvalue weighted by molar-refractivity contribution is 5.79. The molecule has 1 aliphatic rings. The fraction of sp³-hybridized carbons (Fsp3) is 0.500. The summed E-state index contributed by atoms with van der Waals surface area (Å²) in [4.78, 5) is 22.9. The van der Waals surface area contributed by atoms with Crippen molar-refractivity contribution in [1.82, 2.24) is 20.4 Å². The molecule has 1 atom stereocenters. The van der Waals surface area contributed by atoms with Crippen LogP contribution in [0.3, 0.4) is 0 Å². The predicted octanol–water partition coefficient (Wildman–Crippen LogP) is 1.03. The molecule has 8 heteroatoms. The molecule has 1 unspecified atom stereocenters. The summed E-state index contributed by atoms with van der Waals surface area (Å²) in [5.74, 6) is 1.88. The minimum atomic E-state index is -0.0256. The van der Waals surface area contributed by atoms with Gasteiger partial charge in [-0.05, 0) is 20.3 Å². The lowest BCUT2D eigenvalue weighted by molar-refractivity contribution is -0.121. The summed E-state index contributed by atoms with van der Waals surface area (Å²) >= 11 is 0. The van der Waals surface area contributed by atoms with Crippen molar-refractivity contribution >= 4 is 11.7 Å². The monoisotopic (exact) mass is 331 g/mol. The number of aryl methyl sites for hydroxylation is 2. The summed E-state index contributed by atoms with van der Waals surface area (Å²) in [5.41, 5.74) is 1.62. The summed E-state index contributed by atoms with van der Waals surface area (Å²) in [6.45, 7) is 5.14. The number of anilines is 1. The van der Waals surface area contributed by atoms with Crippen LogP contribution in [-0.2, 0) is 11.2 Å². The maximum atomic E-state index is 12.3. The van der Waals surface area contributed by atoms with E-state index in [0.717, 1.165) is 24.2 Å². The molecule has 8 nitrogen and oxygen atoms in total. The number of hydrogen-bond acceptors (Lipinski definition) is 7. The fourth-order valence-corrected chi connectivity index (χ4v) is 2.94. The molecule has 0 spiro atoms. The molecular weight excluding hydrogens is 310 g/mol. The number of hydrogen-bond donors (Lipinski definition) is 1. The summed E-state index contributed by atoms with van der Waals surface area (Å²) in [7, 11) is 1.58. The van der Waals surface area contributed by atoms with Crippen LogP contribution in [-0.4, -0.2) is 47.3 Å². The van der Waals surface area contributed by atoms with Crippen LogP contribution in [0.15, 0.2) is 16.9 Å². The van der Waals surface area contributed by atoms with Gasteiger partial charge < -0.3 is 19.5 Å². The Morgan fingerprint density at radius 1 is 1.42 bits per heavy atom. The van der Waals surface area contributed by atoms with Gasteiger partial charge in [-0.2, -0.15) is 0 Å². The zero-order chi connectivity index (χ0) is 17.1. The molecular formula is C16H21N5O3. The van der Waals surface area contributed by atoms with Gasteiger partial charge in [0.2, 0.25) is 5.91 Å². The summed E-state index contributed by atoms with van der Waals surface area (Å²) < 4.78 is 10.3. The lowest BCUT2D eigenvalue weighted by atomic mass is 10.1. The first-order valence-corrected chi connectivity index (χ1v) is 7.89. The lowest BCUT2D eigenvalue weighted by Crippen LogP contribution is -2.38. The van der Waals surface area contributed by atoms with Gasteiger partial charge in [-0.25, -0.2) is 9.97 Å². The molecule has 2 aromatic heterocycles. The molecule has 0 aromatic carbocycles. The number of ether oxygens (including phenoxy) is 1. The molecule has 0 saturated carbocycles. The Kier molecular flexibility index (Phi) is 4.64. The van der Waals surface area contributed by atoms with Crippen LogP contribution in [0.1, 0.15) is 23.4 Å². The van der Waals surface area contributed by atoms with E-state index in [0.29, 0.717) is 24.0 Å². The molecule has 3 rings (SSSR count). The third-order valence-corrected chi connectivity index (χ3v) is 4.21. The molecule has 0 bridgehead atoms. The first-order valence-electron chi connectivity index (χ1n) is 7.89. The van der Waals surface area contributed by atoms with Crippen molar-refractivity contribution in [2.45, 2.75) is 32.7 Å². The Labute approximate surface area is 140 Å². The Balaban J connectivity index is 1.59. The number of nitrogens with zero attached hydrogens (tertiary/aromatic N) is 4. The third kappa shape index (κ3) is 3.32. The van der Waals surface area contributed by atoms with E-state index in [1.165, 1.54) is 0 Å². The van der Waals surface area contributed by atoms with Gasteiger partial charge in [-0.3, -0.25) is 4.79 Å². The van der Waals surface area contributed by atoms with Gasteiger partial charge in [-0.15, -0.1) is 0 Å². The van der Waals surface area contributed by atoms with E-state index in [4.69, 9.17) is 9.26 Å². The minimum Gasteiger partial charge on any atom is -0.478 e. The lowest BCUT2D eigenvalue weighted by Gasteiger charge is -2.19. The summed E-state index contributed by atoms with van der Waals surface area (Å²) in [5, 5.41) is 6.95. The van der Waals surface area contributed by atoms with Crippen molar-refractivity contribution in [2.24, 2.45) is 0 Å². The predicted molar refractivity (Wildman–Crippen MR) is 87.0 cm³/mol. The van der Waals surface area contributed by atoms with Gasteiger partial charge in [0, 0.05) is 37.1 Å². The van der Waals surface area contributed by atoms with Crippen LogP contribution in [0.5, 0.6) is 5.88 Å². The van der Waals surface area contributed by atoms with Crippen molar-refractivity contribution < 1.29 is 14.1 Å². The Morgan fingerprint density at radius 3 is 2.92 bits per heavy atom. The highest BCUT2D eigenvalue weighted by atomic mass is 16.5. The average molecular weight is 331 g/mol. The fourth-order valence-electron chi connectivity index (χ4n) is 2.94. The molecule has 128 valence electrons. The molecule has 0 aliphatic carbocycles. The maximum Gasteiger partial charge on any atom is 0.257 e. The molecule has 1 amide bonds. The zero-order valence-corrected chi connectivity index (χ0v) is 14.1. The second-order valence-electron chi connectivity index (χ2n) is 5.87. The first-order chi connectivity index (χ1) is 11.6. The van der Waals surface area contributed by atoms with E-state index in [1.54, 1.807) is 19.5 Å². The van der Waals surface area contributed by atoms with Gasteiger partial charge in [0.1, 0.15) is 5.76 Å². The maximum absolute atomic E-state index is 12.3. The van der Waals surface area contributed by atoms with Gasteiger partial charge in [0.15, 0.2) is 5.82 Å². The molecule has 0 radical (unpaired) electrons. The number of amides is 1. The van der Waals surface area contributed by atoms with Crippen LogP contribution in [0.2, 0.25) is 0 Å². The molecule has 1 fully saturated rings. The van der Waals surface area contributed by atoms with Gasteiger partial charge in [0.25, 0.3) is 5.88 Å². The van der Waals surface area contributed by atoms with E-state index in [1.807, 2.05) is 13.8 Å². The van der Waals surface area contributed by atoms with Crippen LogP contribution in [0.4, 0.5) is 5.82 Å². The SMILES string of the molecule is COc1nccnc1N1CCC(NC(=O)Cc2c(C)noc2C)C1. The van der Waals surface area contributed by atoms with Gasteiger partial charge in [-0.1, -0.05) is 5.16 Å². The Morgan fingerprint density at radius 2 is 2.21 bits per heavy atom. The zero-order valence-electron chi connectivity index (χ0n) is 14.1. The standard InChI is InChI=1S/C16H21N5O3/c1-10-13(11(2)24-20-10)8-14(22)19-12-4-7-21(9-12)15-16(23-3)18-6-5-17-15/h5-6,12H,4,7-9H2,1-3H3,(H,19,22). The van der Waals surface area contributed by atoms with E-state index in [-0.39, 0.29) is 18.4 Å². The van der Waals surface area contributed by atoms with Crippen LogP contribution in [0.25, 0.3) is 0 Å². The highest BCUT2D eigenvalue weighted by Gasteiger charge is 2.27. The number of rotatable bonds is 5. The number of methoxy groups -OCH3 is 1. The van der Waals surface area contributed by atoms with E-state index in [9.17, 15) is 4.79 Å². The minimum absolute atomic E-state index is 0.0256. The van der Waals surface area contributed by atoms with E-state index >= 15 is 0 Å². The Hall–Kier alpha value is -2.64. The second-order valence-corrected chi connectivity index (χ2v) is 5.87. The number of aromatic nitrogens is 3. The van der Waals surface area contributed by atoms with Gasteiger partial charge >= 0.3 is 0 Å². The number of carbonyl (C=O) groups is 1. The molecule has 2 aromatic rings. The van der Waals surface area contributed by atoms with Crippen molar-refractivity contribution in [2.75, 3.05) is 25.1 Å². The quantitative estimate of drug-likeness (QED) is 0.874. The number of nitrogens with one attached hydrogen (secondary N) is 1. The molecule has 1 N–H and O–H groups in total. The van der Waals surface area contributed by atoms with E-state index in [2.05, 4.69) is 25.3 Å². The third-order valence-electron chi connectivity index (χ3n) is 4.21. The van der Waals surface area contributed by atoms with Crippen molar-refractivity contribution in [1.29, 1.82) is 0 Å². The van der Waals surface area contributed by atoms with Crippen molar-refractivity contribution in [3.63, 3.8) is 0 Å². The van der Waals surface area contributed by atoms with Crippen molar-refractivity contribution in [3.05, 3.63) is 29.4 Å². The molecule has 24 heavy (non-hydrogen) atoms. The van der Waals surface area contributed by atoms with Gasteiger partial charge in [0.05, 0.1) is 19.2 Å². The summed E-state index contributed by atoms with van der Waals surface area (Å²) in [6.07, 6.45) is 4.38. The van der Waals surface area contributed by atoms with E-state index < -0.39 is 0 Å². The summed E-state index contributed by atoms with van der Waals surface area (Å²) in [6, 6.07) is 0.0738. The average Bonchev–Trinajstić information content (AvgIpc) is 3.16. The topological polar surface area (TPSA) is 93.4 Å². The normalized spacial score (nSPS) is 17.1. The highest BCUT2D eigenvalue weighted by Crippen LogP contribution is 2.25. The van der Waals surface area contributed by atoms with Crippen LogP contribution >= 0.6 is 0 Å². The smallest absolute Gasteiger partial charge is 0.257 e.